The molecular weight excluding hydrogens is 176 g/mol. The van der Waals surface area contributed by atoms with E-state index in [9.17, 15) is 5.11 Å². The van der Waals surface area contributed by atoms with Crippen LogP contribution in [0.5, 0.6) is 5.75 Å². The molecule has 0 spiro atoms. The summed E-state index contributed by atoms with van der Waals surface area (Å²) >= 11 is 0. The van der Waals surface area contributed by atoms with Crippen LogP contribution in [0, 0.1) is 5.92 Å². The molecule has 2 N–H and O–H groups in total. The Morgan fingerprint density at radius 2 is 1.79 bits per heavy atom. The van der Waals surface area contributed by atoms with Crippen molar-refractivity contribution in [3.63, 3.8) is 0 Å². The quantitative estimate of drug-likeness (QED) is 0.716. The standard InChI is InChI=1S/C12H16O2/c1-8-11(6-7-12(8)14)9-2-4-10(13)5-3-9/h2-5,8,11-14H,6-7H2,1H3. The molecule has 0 aliphatic heterocycles. The van der Waals surface area contributed by atoms with E-state index < -0.39 is 0 Å². The predicted molar refractivity (Wildman–Crippen MR) is 55.3 cm³/mol. The van der Waals surface area contributed by atoms with Crippen LogP contribution in [0.3, 0.4) is 0 Å². The molecule has 0 aromatic heterocycles. The molecule has 1 aromatic carbocycles. The van der Waals surface area contributed by atoms with Crippen LogP contribution in [0.4, 0.5) is 0 Å². The number of hydrogen-bond acceptors (Lipinski definition) is 2. The lowest BCUT2D eigenvalue weighted by atomic mass is 9.89. The van der Waals surface area contributed by atoms with E-state index in [0.29, 0.717) is 17.6 Å². The number of benzene rings is 1. The van der Waals surface area contributed by atoms with Crippen molar-refractivity contribution in [2.45, 2.75) is 31.8 Å². The Bertz CT molecular complexity index is 305. The highest BCUT2D eigenvalue weighted by Crippen LogP contribution is 2.39. The zero-order valence-corrected chi connectivity index (χ0v) is 8.35. The second-order valence-corrected chi connectivity index (χ2v) is 4.20. The first kappa shape index (κ1) is 9.53. The van der Waals surface area contributed by atoms with Gasteiger partial charge in [-0.15, -0.1) is 0 Å². The maximum absolute atomic E-state index is 9.63. The summed E-state index contributed by atoms with van der Waals surface area (Å²) in [5, 5.41) is 18.8. The van der Waals surface area contributed by atoms with Gasteiger partial charge in [0.1, 0.15) is 5.75 Å². The molecule has 1 aromatic rings. The zero-order valence-electron chi connectivity index (χ0n) is 8.35. The summed E-state index contributed by atoms with van der Waals surface area (Å²) in [6, 6.07) is 7.34. The van der Waals surface area contributed by atoms with E-state index in [0.717, 1.165) is 12.8 Å². The minimum Gasteiger partial charge on any atom is -0.508 e. The largest absolute Gasteiger partial charge is 0.508 e. The number of phenolic OH excluding ortho intramolecular Hbond substituents is 1. The topological polar surface area (TPSA) is 40.5 Å². The highest BCUT2D eigenvalue weighted by molar-refractivity contribution is 5.29. The molecule has 2 rings (SSSR count). The number of aliphatic hydroxyl groups is 1. The fourth-order valence-electron chi connectivity index (χ4n) is 2.34. The lowest BCUT2D eigenvalue weighted by Gasteiger charge is -2.17. The van der Waals surface area contributed by atoms with Crippen molar-refractivity contribution in [2.24, 2.45) is 5.92 Å². The first-order valence-electron chi connectivity index (χ1n) is 5.15. The van der Waals surface area contributed by atoms with Crippen molar-refractivity contribution in [3.05, 3.63) is 29.8 Å². The molecule has 14 heavy (non-hydrogen) atoms. The fraction of sp³-hybridized carbons (Fsp3) is 0.500. The third-order valence-corrected chi connectivity index (χ3v) is 3.34. The number of aliphatic hydroxyl groups excluding tert-OH is 1. The van der Waals surface area contributed by atoms with E-state index in [1.54, 1.807) is 12.1 Å². The summed E-state index contributed by atoms with van der Waals surface area (Å²) < 4.78 is 0. The third-order valence-electron chi connectivity index (χ3n) is 3.34. The molecule has 0 bridgehead atoms. The average Bonchev–Trinajstić information content (AvgIpc) is 2.50. The van der Waals surface area contributed by atoms with Crippen LogP contribution in [0.25, 0.3) is 0 Å². The molecule has 1 aliphatic rings. The number of phenols is 1. The van der Waals surface area contributed by atoms with Crippen LogP contribution >= 0.6 is 0 Å². The van der Waals surface area contributed by atoms with Crippen LogP contribution in [-0.2, 0) is 0 Å². The Labute approximate surface area is 84.2 Å². The lowest BCUT2D eigenvalue weighted by molar-refractivity contribution is 0.136. The smallest absolute Gasteiger partial charge is 0.115 e. The van der Waals surface area contributed by atoms with Gasteiger partial charge in [0.25, 0.3) is 0 Å². The van der Waals surface area contributed by atoms with E-state index >= 15 is 0 Å². The molecule has 1 aliphatic carbocycles. The van der Waals surface area contributed by atoms with Crippen molar-refractivity contribution < 1.29 is 10.2 Å². The summed E-state index contributed by atoms with van der Waals surface area (Å²) in [7, 11) is 0. The number of aromatic hydroxyl groups is 1. The number of hydrogen-bond donors (Lipinski definition) is 2. The highest BCUT2D eigenvalue weighted by Gasteiger charge is 2.32. The lowest BCUT2D eigenvalue weighted by Crippen LogP contribution is -2.13. The van der Waals surface area contributed by atoms with Crippen molar-refractivity contribution in [3.8, 4) is 5.75 Å². The fourth-order valence-corrected chi connectivity index (χ4v) is 2.34. The second-order valence-electron chi connectivity index (χ2n) is 4.20. The van der Waals surface area contributed by atoms with Gasteiger partial charge >= 0.3 is 0 Å². The number of rotatable bonds is 1. The molecule has 1 fully saturated rings. The van der Waals surface area contributed by atoms with E-state index in [1.807, 2.05) is 12.1 Å². The summed E-state index contributed by atoms with van der Waals surface area (Å²) in [5.41, 5.74) is 1.23. The van der Waals surface area contributed by atoms with Crippen molar-refractivity contribution >= 4 is 0 Å². The SMILES string of the molecule is CC1C(O)CCC1c1ccc(O)cc1. The molecule has 76 valence electrons. The first-order chi connectivity index (χ1) is 6.68. The van der Waals surface area contributed by atoms with Crippen molar-refractivity contribution in [1.29, 1.82) is 0 Å². The highest BCUT2D eigenvalue weighted by atomic mass is 16.3. The summed E-state index contributed by atoms with van der Waals surface area (Å²) in [4.78, 5) is 0. The van der Waals surface area contributed by atoms with Gasteiger partial charge in [0.05, 0.1) is 6.10 Å². The third kappa shape index (κ3) is 1.62. The van der Waals surface area contributed by atoms with Gasteiger partial charge in [-0.2, -0.15) is 0 Å². The minimum absolute atomic E-state index is 0.159. The van der Waals surface area contributed by atoms with Gasteiger partial charge in [-0.05, 0) is 42.4 Å². The summed E-state index contributed by atoms with van der Waals surface area (Å²) in [6.07, 6.45) is 1.79. The molecule has 3 atom stereocenters. The minimum atomic E-state index is -0.159. The Morgan fingerprint density at radius 1 is 1.14 bits per heavy atom. The average molecular weight is 192 g/mol. The Morgan fingerprint density at radius 3 is 2.29 bits per heavy atom. The van der Waals surface area contributed by atoms with Crippen LogP contribution in [0.1, 0.15) is 31.2 Å². The van der Waals surface area contributed by atoms with Gasteiger partial charge in [-0.25, -0.2) is 0 Å². The van der Waals surface area contributed by atoms with Crippen molar-refractivity contribution in [2.75, 3.05) is 0 Å². The van der Waals surface area contributed by atoms with E-state index in [-0.39, 0.29) is 6.10 Å². The molecule has 0 amide bonds. The van der Waals surface area contributed by atoms with E-state index in [1.165, 1.54) is 5.56 Å². The zero-order chi connectivity index (χ0) is 10.1. The first-order valence-corrected chi connectivity index (χ1v) is 5.15. The van der Waals surface area contributed by atoms with Gasteiger partial charge in [0.2, 0.25) is 0 Å². The molecule has 0 radical (unpaired) electrons. The molecular formula is C12H16O2. The summed E-state index contributed by atoms with van der Waals surface area (Å²) in [6.45, 7) is 2.09. The van der Waals surface area contributed by atoms with Crippen LogP contribution in [0.2, 0.25) is 0 Å². The summed E-state index contributed by atoms with van der Waals surface area (Å²) in [5.74, 6) is 1.09. The van der Waals surface area contributed by atoms with Crippen LogP contribution < -0.4 is 0 Å². The maximum Gasteiger partial charge on any atom is 0.115 e. The Kier molecular flexibility index (Phi) is 2.46. The van der Waals surface area contributed by atoms with Crippen LogP contribution in [0.15, 0.2) is 24.3 Å². The monoisotopic (exact) mass is 192 g/mol. The van der Waals surface area contributed by atoms with Gasteiger partial charge < -0.3 is 10.2 Å². The molecule has 0 heterocycles. The van der Waals surface area contributed by atoms with Gasteiger partial charge in [0.15, 0.2) is 0 Å². The Hall–Kier alpha value is -1.02. The molecule has 3 unspecified atom stereocenters. The second kappa shape index (κ2) is 3.62. The maximum atomic E-state index is 9.63. The van der Waals surface area contributed by atoms with Gasteiger partial charge in [-0.1, -0.05) is 19.1 Å². The van der Waals surface area contributed by atoms with E-state index in [4.69, 9.17) is 5.11 Å². The van der Waals surface area contributed by atoms with Crippen molar-refractivity contribution in [1.82, 2.24) is 0 Å². The molecule has 0 saturated heterocycles. The molecule has 1 saturated carbocycles. The van der Waals surface area contributed by atoms with Gasteiger partial charge in [0, 0.05) is 0 Å². The van der Waals surface area contributed by atoms with Gasteiger partial charge in [-0.3, -0.25) is 0 Å². The normalized spacial score (nSPS) is 32.0. The molecule has 2 heteroatoms. The molecule has 2 nitrogen and oxygen atoms in total. The predicted octanol–water partition coefficient (Wildman–Crippen LogP) is 2.27. The Balaban J connectivity index is 2.19. The van der Waals surface area contributed by atoms with Crippen LogP contribution in [-0.4, -0.2) is 16.3 Å². The van der Waals surface area contributed by atoms with E-state index in [2.05, 4.69) is 6.92 Å².